The summed E-state index contributed by atoms with van der Waals surface area (Å²) in [4.78, 5) is 11.3. The third-order valence-electron chi connectivity index (χ3n) is 2.33. The molecule has 1 atom stereocenters. The number of methoxy groups -OCH3 is 1. The number of sulfonamides is 1. The van der Waals surface area contributed by atoms with Crippen LogP contribution in [0.5, 0.6) is 0 Å². The lowest BCUT2D eigenvalue weighted by Gasteiger charge is -2.27. The molecule has 0 spiro atoms. The van der Waals surface area contributed by atoms with Crippen LogP contribution < -0.4 is 0 Å². The molecule has 0 saturated carbocycles. The summed E-state index contributed by atoms with van der Waals surface area (Å²) in [6, 6.07) is 1.58. The molecule has 0 aliphatic heterocycles. The van der Waals surface area contributed by atoms with Gasteiger partial charge in [0, 0.05) is 19.0 Å². The maximum absolute atomic E-state index is 12.1. The molecule has 7 heteroatoms. The Bertz CT molecular complexity index is 397. The second-order valence-electron chi connectivity index (χ2n) is 3.82. The van der Waals surface area contributed by atoms with Crippen LogP contribution in [0, 0.1) is 11.3 Å². The van der Waals surface area contributed by atoms with E-state index in [1.807, 2.05) is 6.07 Å². The molecule has 1 unspecified atom stereocenters. The Hall–Kier alpha value is -1.13. The van der Waals surface area contributed by atoms with E-state index in [4.69, 9.17) is 5.26 Å². The molecule has 0 heterocycles. The molecule has 0 aromatic heterocycles. The summed E-state index contributed by atoms with van der Waals surface area (Å²) in [5.41, 5.74) is 0. The lowest BCUT2D eigenvalue weighted by Crippen LogP contribution is -2.45. The summed E-state index contributed by atoms with van der Waals surface area (Å²) in [5, 5.41) is 7.24. The standard InChI is InChI=1S/C10H18N2O4S/c1-8(2)12(7-5-6-11)17(14,15)9(3)10(13)16-4/h8-9H,5,7H2,1-4H3. The Morgan fingerprint density at radius 1 is 1.41 bits per heavy atom. The molecule has 0 N–H and O–H groups in total. The van der Waals surface area contributed by atoms with Crippen LogP contribution >= 0.6 is 0 Å². The van der Waals surface area contributed by atoms with E-state index in [0.717, 1.165) is 11.4 Å². The van der Waals surface area contributed by atoms with Crippen molar-refractivity contribution in [2.75, 3.05) is 13.7 Å². The molecule has 98 valence electrons. The molecule has 0 aromatic carbocycles. The lowest BCUT2D eigenvalue weighted by molar-refractivity contribution is -0.139. The Kier molecular flexibility index (Phi) is 6.13. The number of carbonyl (C=O) groups excluding carboxylic acids is 1. The molecule has 0 saturated heterocycles. The van der Waals surface area contributed by atoms with E-state index in [9.17, 15) is 13.2 Å². The normalized spacial score (nSPS) is 13.5. The molecule has 0 aliphatic carbocycles. The van der Waals surface area contributed by atoms with Crippen LogP contribution in [0.15, 0.2) is 0 Å². The van der Waals surface area contributed by atoms with Crippen LogP contribution in [0.25, 0.3) is 0 Å². The van der Waals surface area contributed by atoms with Crippen LogP contribution in [0.1, 0.15) is 27.2 Å². The Morgan fingerprint density at radius 2 is 1.94 bits per heavy atom. The zero-order chi connectivity index (χ0) is 13.6. The van der Waals surface area contributed by atoms with Crippen LogP contribution in [-0.4, -0.2) is 43.6 Å². The van der Waals surface area contributed by atoms with E-state index in [1.165, 1.54) is 6.92 Å². The summed E-state index contributed by atoms with van der Waals surface area (Å²) in [6.45, 7) is 4.75. The summed E-state index contributed by atoms with van der Waals surface area (Å²) < 4.78 is 29.8. The van der Waals surface area contributed by atoms with E-state index in [2.05, 4.69) is 4.74 Å². The summed E-state index contributed by atoms with van der Waals surface area (Å²) in [6.07, 6.45) is 0.0886. The van der Waals surface area contributed by atoms with Crippen molar-refractivity contribution in [3.63, 3.8) is 0 Å². The molecule has 0 rings (SSSR count). The van der Waals surface area contributed by atoms with E-state index in [0.29, 0.717) is 0 Å². The molecular weight excluding hydrogens is 244 g/mol. The van der Waals surface area contributed by atoms with Crippen molar-refractivity contribution >= 4 is 16.0 Å². The first-order chi connectivity index (χ1) is 7.78. The van der Waals surface area contributed by atoms with Crippen molar-refractivity contribution in [1.82, 2.24) is 4.31 Å². The molecule has 0 amide bonds. The Morgan fingerprint density at radius 3 is 2.29 bits per heavy atom. The van der Waals surface area contributed by atoms with Crippen molar-refractivity contribution in [2.24, 2.45) is 0 Å². The van der Waals surface area contributed by atoms with E-state index in [1.54, 1.807) is 13.8 Å². The van der Waals surface area contributed by atoms with Crippen LogP contribution in [0.2, 0.25) is 0 Å². The van der Waals surface area contributed by atoms with Crippen molar-refractivity contribution in [2.45, 2.75) is 38.5 Å². The van der Waals surface area contributed by atoms with Gasteiger partial charge in [-0.15, -0.1) is 0 Å². The number of hydrogen-bond acceptors (Lipinski definition) is 5. The third kappa shape index (κ3) is 3.98. The minimum absolute atomic E-state index is 0.0812. The topological polar surface area (TPSA) is 87.5 Å². The van der Waals surface area contributed by atoms with Crippen molar-refractivity contribution in [3.05, 3.63) is 0 Å². The molecule has 17 heavy (non-hydrogen) atoms. The first kappa shape index (κ1) is 15.9. The molecular formula is C10H18N2O4S. The zero-order valence-electron chi connectivity index (χ0n) is 10.5. The third-order valence-corrected chi connectivity index (χ3v) is 4.67. The first-order valence-corrected chi connectivity index (χ1v) is 6.74. The second kappa shape index (κ2) is 6.57. The number of ether oxygens (including phenoxy) is 1. The molecule has 0 bridgehead atoms. The fourth-order valence-corrected chi connectivity index (χ4v) is 3.01. The van der Waals surface area contributed by atoms with Crippen molar-refractivity contribution < 1.29 is 17.9 Å². The van der Waals surface area contributed by atoms with Crippen molar-refractivity contribution in [1.29, 1.82) is 5.26 Å². The van der Waals surface area contributed by atoms with Gasteiger partial charge in [0.1, 0.15) is 0 Å². The van der Waals surface area contributed by atoms with Gasteiger partial charge in [-0.05, 0) is 20.8 Å². The number of hydrogen-bond donors (Lipinski definition) is 0. The highest BCUT2D eigenvalue weighted by molar-refractivity contribution is 7.90. The van der Waals surface area contributed by atoms with E-state index >= 15 is 0 Å². The molecule has 0 aromatic rings. The van der Waals surface area contributed by atoms with Gasteiger partial charge in [0.15, 0.2) is 5.25 Å². The van der Waals surface area contributed by atoms with Gasteiger partial charge in [0.2, 0.25) is 10.0 Å². The number of rotatable bonds is 6. The van der Waals surface area contributed by atoms with Crippen LogP contribution in [0.3, 0.4) is 0 Å². The number of carbonyl (C=O) groups is 1. The molecule has 6 nitrogen and oxygen atoms in total. The fraction of sp³-hybridized carbons (Fsp3) is 0.800. The maximum atomic E-state index is 12.1. The minimum atomic E-state index is -3.78. The Labute approximate surface area is 102 Å². The van der Waals surface area contributed by atoms with Gasteiger partial charge in [0.25, 0.3) is 0 Å². The highest BCUT2D eigenvalue weighted by Crippen LogP contribution is 2.14. The Balaban J connectivity index is 5.10. The monoisotopic (exact) mass is 262 g/mol. The number of nitriles is 1. The highest BCUT2D eigenvalue weighted by atomic mass is 32.2. The molecule has 0 aliphatic rings. The molecule has 0 radical (unpaired) electrons. The van der Waals surface area contributed by atoms with Crippen LogP contribution in [-0.2, 0) is 19.6 Å². The highest BCUT2D eigenvalue weighted by Gasteiger charge is 2.35. The van der Waals surface area contributed by atoms with Gasteiger partial charge in [-0.1, -0.05) is 0 Å². The van der Waals surface area contributed by atoms with Gasteiger partial charge in [-0.2, -0.15) is 9.57 Å². The van der Waals surface area contributed by atoms with Gasteiger partial charge in [-0.25, -0.2) is 8.42 Å². The predicted octanol–water partition coefficient (Wildman–Crippen LogP) is 0.502. The van der Waals surface area contributed by atoms with Crippen LogP contribution in [0.4, 0.5) is 0 Å². The SMILES string of the molecule is COC(=O)C(C)S(=O)(=O)N(CCC#N)C(C)C. The van der Waals surface area contributed by atoms with Crippen molar-refractivity contribution in [3.8, 4) is 6.07 Å². The van der Waals surface area contributed by atoms with Gasteiger partial charge in [-0.3, -0.25) is 4.79 Å². The maximum Gasteiger partial charge on any atom is 0.325 e. The predicted molar refractivity (Wildman–Crippen MR) is 62.5 cm³/mol. The van der Waals surface area contributed by atoms with E-state index in [-0.39, 0.29) is 19.0 Å². The average Bonchev–Trinajstić information content (AvgIpc) is 2.26. The zero-order valence-corrected chi connectivity index (χ0v) is 11.3. The van der Waals surface area contributed by atoms with Gasteiger partial charge in [0.05, 0.1) is 13.2 Å². The minimum Gasteiger partial charge on any atom is -0.468 e. The number of esters is 1. The number of nitrogens with zero attached hydrogens (tertiary/aromatic N) is 2. The van der Waals surface area contributed by atoms with E-state index < -0.39 is 21.2 Å². The lowest BCUT2D eigenvalue weighted by atomic mass is 10.3. The van der Waals surface area contributed by atoms with Gasteiger partial charge < -0.3 is 4.74 Å². The summed E-state index contributed by atoms with van der Waals surface area (Å²) >= 11 is 0. The first-order valence-electron chi connectivity index (χ1n) is 5.24. The summed E-state index contributed by atoms with van der Waals surface area (Å²) in [7, 11) is -2.63. The summed E-state index contributed by atoms with van der Waals surface area (Å²) in [5.74, 6) is -0.799. The molecule has 0 fully saturated rings. The second-order valence-corrected chi connectivity index (χ2v) is 6.03. The average molecular weight is 262 g/mol. The smallest absolute Gasteiger partial charge is 0.325 e. The largest absolute Gasteiger partial charge is 0.468 e. The quantitative estimate of drug-likeness (QED) is 0.650. The van der Waals surface area contributed by atoms with Gasteiger partial charge >= 0.3 is 5.97 Å². The fourth-order valence-electron chi connectivity index (χ4n) is 1.33.